The number of carboxylic acids is 1. The molecule has 1 amide bonds. The molecular formula is C33H42N2O5. The van der Waals surface area contributed by atoms with E-state index in [0.717, 1.165) is 45.6 Å². The second-order valence-electron chi connectivity index (χ2n) is 12.4. The number of carbonyl (C=O) groups excluding carboxylic acids is 1. The zero-order valence-corrected chi connectivity index (χ0v) is 25.0. The van der Waals surface area contributed by atoms with E-state index in [1.807, 2.05) is 27.7 Å². The van der Waals surface area contributed by atoms with Crippen molar-refractivity contribution < 1.29 is 24.2 Å². The number of pyridine rings is 1. The highest BCUT2D eigenvalue weighted by Gasteiger charge is 2.24. The smallest absolute Gasteiger partial charge is 0.407 e. The lowest BCUT2D eigenvalue weighted by molar-refractivity contribution is -0.136. The summed E-state index contributed by atoms with van der Waals surface area (Å²) >= 11 is 0. The van der Waals surface area contributed by atoms with Crippen molar-refractivity contribution in [2.75, 3.05) is 0 Å². The third-order valence-electron chi connectivity index (χ3n) is 6.20. The second-order valence-corrected chi connectivity index (χ2v) is 12.4. The summed E-state index contributed by atoms with van der Waals surface area (Å²) in [5.41, 5.74) is 6.88. The van der Waals surface area contributed by atoms with Crippen LogP contribution in [0.15, 0.2) is 48.5 Å². The van der Waals surface area contributed by atoms with Crippen LogP contribution < -0.4 is 10.1 Å². The van der Waals surface area contributed by atoms with Gasteiger partial charge < -0.3 is 19.9 Å². The third kappa shape index (κ3) is 9.11. The Hall–Kier alpha value is -3.87. The largest absolute Gasteiger partial charge is 0.489 e. The highest BCUT2D eigenvalue weighted by molar-refractivity contribution is 5.74. The minimum absolute atomic E-state index is 0.0274. The first-order valence-corrected chi connectivity index (χ1v) is 13.6. The first-order valence-electron chi connectivity index (χ1n) is 13.6. The molecule has 40 heavy (non-hydrogen) atoms. The zero-order valence-electron chi connectivity index (χ0n) is 25.0. The molecular weight excluding hydrogens is 504 g/mol. The van der Waals surface area contributed by atoms with Crippen molar-refractivity contribution in [3.63, 3.8) is 0 Å². The van der Waals surface area contributed by atoms with Gasteiger partial charge in [-0.2, -0.15) is 0 Å². The highest BCUT2D eigenvalue weighted by atomic mass is 16.6. The molecule has 0 radical (unpaired) electrons. The Morgan fingerprint density at radius 1 is 0.900 bits per heavy atom. The molecule has 7 heteroatoms. The van der Waals surface area contributed by atoms with E-state index in [-0.39, 0.29) is 25.0 Å². The predicted octanol–water partition coefficient (Wildman–Crippen LogP) is 7.18. The van der Waals surface area contributed by atoms with E-state index in [9.17, 15) is 9.59 Å². The van der Waals surface area contributed by atoms with Crippen LogP contribution in [0.3, 0.4) is 0 Å². The molecule has 0 fully saturated rings. The van der Waals surface area contributed by atoms with Crippen molar-refractivity contribution in [2.24, 2.45) is 5.41 Å². The molecule has 0 aliphatic rings. The predicted molar refractivity (Wildman–Crippen MR) is 157 cm³/mol. The van der Waals surface area contributed by atoms with E-state index in [2.05, 4.69) is 57.3 Å². The maximum atomic E-state index is 12.7. The number of aliphatic carboxylic acids is 1. The Balaban J connectivity index is 2.08. The number of ether oxygens (including phenoxy) is 2. The van der Waals surface area contributed by atoms with Gasteiger partial charge in [0.15, 0.2) is 0 Å². The third-order valence-corrected chi connectivity index (χ3v) is 6.20. The lowest BCUT2D eigenvalue weighted by Crippen LogP contribution is -2.33. The number of carboxylic acid groups (broad SMARTS) is 1. The molecule has 1 aromatic heterocycles. The van der Waals surface area contributed by atoms with Crippen molar-refractivity contribution >= 4 is 12.1 Å². The SMILES string of the molecule is Cc1ccc(-c2c(COc3ccc(CC(=O)O)cc3)c(C)nc(CC(C)(C)C)c2CNC(=O)OC(C)(C)C)cc1. The Morgan fingerprint density at radius 2 is 1.52 bits per heavy atom. The topological polar surface area (TPSA) is 97.8 Å². The van der Waals surface area contributed by atoms with Crippen molar-refractivity contribution in [2.45, 2.75) is 87.0 Å². The number of alkyl carbamates (subject to hydrolysis) is 1. The number of nitrogens with zero attached hydrogens (tertiary/aromatic N) is 1. The standard InChI is InChI=1S/C33H42N2O5/c1-21-9-13-24(14-10-21)30-26(19-34-31(38)40-33(6,7)8)28(18-32(3,4)5)35-22(2)27(30)20-39-25-15-11-23(12-16-25)17-29(36)37/h9-16H,17-20H2,1-8H3,(H,34,38)(H,36,37). The second kappa shape index (κ2) is 12.5. The van der Waals surface area contributed by atoms with E-state index in [4.69, 9.17) is 19.6 Å². The Morgan fingerprint density at radius 3 is 2.08 bits per heavy atom. The molecule has 2 aromatic carbocycles. The molecule has 0 saturated carbocycles. The molecule has 1 heterocycles. The quantitative estimate of drug-likeness (QED) is 0.295. The molecule has 0 aliphatic heterocycles. The van der Waals surface area contributed by atoms with Gasteiger partial charge in [-0.1, -0.05) is 62.7 Å². The fraction of sp³-hybridized carbons (Fsp3) is 0.424. The fourth-order valence-electron chi connectivity index (χ4n) is 4.44. The molecule has 0 bridgehead atoms. The number of amides is 1. The molecule has 214 valence electrons. The maximum absolute atomic E-state index is 12.7. The van der Waals surface area contributed by atoms with Gasteiger partial charge in [-0.25, -0.2) is 4.79 Å². The van der Waals surface area contributed by atoms with Gasteiger partial charge in [0, 0.05) is 29.1 Å². The average molecular weight is 547 g/mol. The normalized spacial score (nSPS) is 11.7. The summed E-state index contributed by atoms with van der Waals surface area (Å²) < 4.78 is 11.7. The first kappa shape index (κ1) is 30.7. The summed E-state index contributed by atoms with van der Waals surface area (Å²) in [7, 11) is 0. The van der Waals surface area contributed by atoms with E-state index >= 15 is 0 Å². The number of hydrogen-bond acceptors (Lipinski definition) is 5. The molecule has 0 unspecified atom stereocenters. The molecule has 3 rings (SSSR count). The molecule has 7 nitrogen and oxygen atoms in total. The van der Waals surface area contributed by atoms with Crippen molar-refractivity contribution in [1.82, 2.24) is 10.3 Å². The van der Waals surface area contributed by atoms with Crippen molar-refractivity contribution in [1.29, 1.82) is 0 Å². The zero-order chi connectivity index (χ0) is 29.7. The number of aryl methyl sites for hydroxylation is 2. The van der Waals surface area contributed by atoms with Crippen LogP contribution in [0.4, 0.5) is 4.79 Å². The van der Waals surface area contributed by atoms with Gasteiger partial charge in [-0.05, 0) is 75.3 Å². The Kier molecular flexibility index (Phi) is 9.61. The van der Waals surface area contributed by atoms with Crippen LogP contribution in [0, 0.1) is 19.3 Å². The van der Waals surface area contributed by atoms with Gasteiger partial charge in [0.1, 0.15) is 18.0 Å². The van der Waals surface area contributed by atoms with Crippen LogP contribution in [-0.2, 0) is 35.5 Å². The van der Waals surface area contributed by atoms with Crippen LogP contribution in [0.25, 0.3) is 11.1 Å². The lowest BCUT2D eigenvalue weighted by atomic mass is 9.85. The van der Waals surface area contributed by atoms with Crippen molar-refractivity contribution in [3.05, 3.63) is 82.2 Å². The maximum Gasteiger partial charge on any atom is 0.407 e. The minimum Gasteiger partial charge on any atom is -0.489 e. The number of carbonyl (C=O) groups is 2. The fourth-order valence-corrected chi connectivity index (χ4v) is 4.44. The molecule has 3 aromatic rings. The van der Waals surface area contributed by atoms with E-state index in [1.54, 1.807) is 24.3 Å². The molecule has 0 aliphatic carbocycles. The number of aromatic nitrogens is 1. The van der Waals surface area contributed by atoms with Gasteiger partial charge in [0.25, 0.3) is 0 Å². The summed E-state index contributed by atoms with van der Waals surface area (Å²) in [6.07, 6.45) is 0.206. The van der Waals surface area contributed by atoms with Gasteiger partial charge in [-0.3, -0.25) is 9.78 Å². The van der Waals surface area contributed by atoms with E-state index in [0.29, 0.717) is 11.3 Å². The number of benzene rings is 2. The number of rotatable bonds is 9. The van der Waals surface area contributed by atoms with Crippen LogP contribution in [0.5, 0.6) is 5.75 Å². The van der Waals surface area contributed by atoms with Gasteiger partial charge in [0.05, 0.1) is 6.42 Å². The number of hydrogen-bond donors (Lipinski definition) is 2. The first-order chi connectivity index (χ1) is 18.6. The van der Waals surface area contributed by atoms with Gasteiger partial charge in [0.2, 0.25) is 0 Å². The van der Waals surface area contributed by atoms with E-state index < -0.39 is 17.7 Å². The molecule has 0 spiro atoms. The van der Waals surface area contributed by atoms with E-state index in [1.165, 1.54) is 0 Å². The number of nitrogens with one attached hydrogen (secondary N) is 1. The highest BCUT2D eigenvalue weighted by Crippen LogP contribution is 2.35. The minimum atomic E-state index is -0.874. The summed E-state index contributed by atoms with van der Waals surface area (Å²) in [5, 5.41) is 12.0. The lowest BCUT2D eigenvalue weighted by Gasteiger charge is -2.26. The molecule has 0 saturated heterocycles. The summed E-state index contributed by atoms with van der Waals surface area (Å²) in [5.74, 6) is -0.239. The van der Waals surface area contributed by atoms with Crippen LogP contribution in [0.1, 0.15) is 75.2 Å². The Bertz CT molecular complexity index is 1330. The van der Waals surface area contributed by atoms with Crippen molar-refractivity contribution in [3.8, 4) is 16.9 Å². The summed E-state index contributed by atoms with van der Waals surface area (Å²) in [6, 6.07) is 15.4. The summed E-state index contributed by atoms with van der Waals surface area (Å²) in [6.45, 7) is 16.6. The van der Waals surface area contributed by atoms with Crippen LogP contribution >= 0.6 is 0 Å². The summed E-state index contributed by atoms with van der Waals surface area (Å²) in [4.78, 5) is 28.7. The van der Waals surface area contributed by atoms with Gasteiger partial charge >= 0.3 is 12.1 Å². The monoisotopic (exact) mass is 546 g/mol. The van der Waals surface area contributed by atoms with Gasteiger partial charge in [-0.15, -0.1) is 0 Å². The molecule has 2 N–H and O–H groups in total. The Labute approximate surface area is 237 Å². The molecule has 0 atom stereocenters. The van der Waals surface area contributed by atoms with Crippen LogP contribution in [-0.4, -0.2) is 27.8 Å². The van der Waals surface area contributed by atoms with Crippen LogP contribution in [0.2, 0.25) is 0 Å². The average Bonchev–Trinajstić information content (AvgIpc) is 2.81.